The van der Waals surface area contributed by atoms with Crippen molar-refractivity contribution in [2.45, 2.75) is 31.5 Å². The Balaban J connectivity index is 2.39. The molecule has 0 aromatic heterocycles. The topological polar surface area (TPSA) is 65.7 Å². The molecule has 3 N–H and O–H groups in total. The third kappa shape index (κ3) is 7.39. The van der Waals surface area contributed by atoms with Gasteiger partial charge in [-0.3, -0.25) is 0 Å². The van der Waals surface area contributed by atoms with E-state index in [4.69, 9.17) is 19.0 Å². The zero-order valence-corrected chi connectivity index (χ0v) is 15.3. The van der Waals surface area contributed by atoms with Crippen molar-refractivity contribution >= 4 is 8.80 Å². The normalized spacial score (nSPS) is 13.0. The molecule has 23 heavy (non-hydrogen) atoms. The summed E-state index contributed by atoms with van der Waals surface area (Å²) in [6.07, 6.45) is 3.57. The first kappa shape index (κ1) is 20.0. The van der Waals surface area contributed by atoms with Crippen LogP contribution in [0.25, 0.3) is 0 Å². The second-order valence-electron chi connectivity index (χ2n) is 5.33. The molecule has 0 saturated heterocycles. The van der Waals surface area contributed by atoms with E-state index in [1.165, 1.54) is 5.56 Å². The van der Waals surface area contributed by atoms with Crippen molar-refractivity contribution in [2.75, 3.05) is 27.4 Å². The lowest BCUT2D eigenvalue weighted by atomic mass is 10.2. The molecular weight excluding hydrogens is 308 g/mol. The first-order valence-electron chi connectivity index (χ1n) is 8.04. The van der Waals surface area contributed by atoms with E-state index < -0.39 is 8.80 Å². The molecular formula is C17H30N2O3Si. The molecule has 0 aliphatic carbocycles. The van der Waals surface area contributed by atoms with Crippen LogP contribution in [0.5, 0.6) is 0 Å². The highest BCUT2D eigenvalue weighted by Gasteiger charge is 2.38. The van der Waals surface area contributed by atoms with Crippen LogP contribution in [0.2, 0.25) is 6.04 Å². The van der Waals surface area contributed by atoms with Gasteiger partial charge < -0.3 is 24.3 Å². The van der Waals surface area contributed by atoms with E-state index in [1.54, 1.807) is 14.2 Å². The van der Waals surface area contributed by atoms with Crippen LogP contribution < -0.4 is 11.1 Å². The monoisotopic (exact) mass is 338 g/mol. The summed E-state index contributed by atoms with van der Waals surface area (Å²) in [5.74, 6) is 0. The molecule has 0 aliphatic heterocycles. The Morgan fingerprint density at radius 3 is 2.52 bits per heavy atom. The lowest BCUT2D eigenvalue weighted by Gasteiger charge is -2.27. The molecule has 5 nitrogen and oxygen atoms in total. The molecule has 0 heterocycles. The zero-order chi connectivity index (χ0) is 17.0. The minimum absolute atomic E-state index is 0.185. The molecule has 1 aromatic carbocycles. The van der Waals surface area contributed by atoms with Crippen LogP contribution >= 0.6 is 0 Å². The number of rotatable bonds is 13. The maximum Gasteiger partial charge on any atom is 0.500 e. The van der Waals surface area contributed by atoms with Gasteiger partial charge in [0, 0.05) is 39.5 Å². The van der Waals surface area contributed by atoms with E-state index in [0.717, 1.165) is 25.4 Å². The fourth-order valence-electron chi connectivity index (χ4n) is 2.29. The smallest absolute Gasteiger partial charge is 0.377 e. The number of benzene rings is 1. The van der Waals surface area contributed by atoms with Crippen molar-refractivity contribution in [1.29, 1.82) is 0 Å². The average Bonchev–Trinajstić information content (AvgIpc) is 2.62. The highest BCUT2D eigenvalue weighted by Crippen LogP contribution is 2.16. The summed E-state index contributed by atoms with van der Waals surface area (Å²) in [7, 11) is 0.714. The van der Waals surface area contributed by atoms with Gasteiger partial charge in [-0.15, -0.1) is 6.58 Å². The van der Waals surface area contributed by atoms with Gasteiger partial charge in [-0.25, -0.2) is 0 Å². The lowest BCUT2D eigenvalue weighted by Crippen LogP contribution is -2.45. The maximum atomic E-state index is 5.97. The molecule has 0 spiro atoms. The van der Waals surface area contributed by atoms with Crippen LogP contribution in [0.1, 0.15) is 18.4 Å². The van der Waals surface area contributed by atoms with E-state index in [9.17, 15) is 0 Å². The van der Waals surface area contributed by atoms with Gasteiger partial charge in [0.2, 0.25) is 0 Å². The highest BCUT2D eigenvalue weighted by molar-refractivity contribution is 6.60. The van der Waals surface area contributed by atoms with Gasteiger partial charge in [-0.1, -0.05) is 36.4 Å². The van der Waals surface area contributed by atoms with E-state index in [2.05, 4.69) is 24.0 Å². The van der Waals surface area contributed by atoms with Crippen molar-refractivity contribution in [3.05, 3.63) is 48.6 Å². The van der Waals surface area contributed by atoms with E-state index in [-0.39, 0.29) is 6.04 Å². The summed E-state index contributed by atoms with van der Waals surface area (Å²) in [6, 6.07) is 11.2. The molecule has 130 valence electrons. The molecule has 1 unspecified atom stereocenters. The van der Waals surface area contributed by atoms with Gasteiger partial charge >= 0.3 is 8.80 Å². The second kappa shape index (κ2) is 11.5. The van der Waals surface area contributed by atoms with Crippen LogP contribution in [-0.4, -0.2) is 42.2 Å². The number of nitrogens with two attached hydrogens (primary N) is 1. The van der Waals surface area contributed by atoms with Crippen molar-refractivity contribution in [3.63, 3.8) is 0 Å². The lowest BCUT2D eigenvalue weighted by molar-refractivity contribution is 0.0948. The zero-order valence-electron chi connectivity index (χ0n) is 14.3. The van der Waals surface area contributed by atoms with Gasteiger partial charge in [0.1, 0.15) is 0 Å². The minimum Gasteiger partial charge on any atom is -0.377 e. The number of hydrogen-bond acceptors (Lipinski definition) is 5. The summed E-state index contributed by atoms with van der Waals surface area (Å²) in [4.78, 5) is 0. The fraction of sp³-hybridized carbons (Fsp3) is 0.529. The SMILES string of the molecule is C=CC(CCO[Si](CCCN)(OC)OC)NCc1ccccc1. The Bertz CT molecular complexity index is 427. The first-order chi connectivity index (χ1) is 11.2. The molecule has 0 radical (unpaired) electrons. The van der Waals surface area contributed by atoms with Crippen molar-refractivity contribution < 1.29 is 13.3 Å². The quantitative estimate of drug-likeness (QED) is 0.427. The van der Waals surface area contributed by atoms with Crippen LogP contribution in [0.3, 0.4) is 0 Å². The number of hydrogen-bond donors (Lipinski definition) is 2. The van der Waals surface area contributed by atoms with Crippen LogP contribution in [-0.2, 0) is 19.8 Å². The number of nitrogens with one attached hydrogen (secondary N) is 1. The molecule has 0 amide bonds. The highest BCUT2D eigenvalue weighted by atomic mass is 28.4. The third-order valence-corrected chi connectivity index (χ3v) is 6.61. The molecule has 0 bridgehead atoms. The Hall–Kier alpha value is -1.02. The maximum absolute atomic E-state index is 5.97. The second-order valence-corrected chi connectivity index (χ2v) is 8.30. The minimum atomic E-state index is -2.57. The summed E-state index contributed by atoms with van der Waals surface area (Å²) in [5, 5.41) is 3.47. The first-order valence-corrected chi connectivity index (χ1v) is 9.97. The van der Waals surface area contributed by atoms with Gasteiger partial charge in [-0.2, -0.15) is 0 Å². The molecule has 1 atom stereocenters. The van der Waals surface area contributed by atoms with Crippen LogP contribution in [0, 0.1) is 0 Å². The van der Waals surface area contributed by atoms with E-state index >= 15 is 0 Å². The largest absolute Gasteiger partial charge is 0.500 e. The summed E-state index contributed by atoms with van der Waals surface area (Å²) < 4.78 is 17.0. The van der Waals surface area contributed by atoms with Gasteiger partial charge in [-0.05, 0) is 24.9 Å². The Morgan fingerprint density at radius 1 is 1.26 bits per heavy atom. The summed E-state index contributed by atoms with van der Waals surface area (Å²) in [6.45, 7) is 5.88. The third-order valence-electron chi connectivity index (χ3n) is 3.76. The molecule has 6 heteroatoms. The van der Waals surface area contributed by atoms with Crippen molar-refractivity contribution in [2.24, 2.45) is 5.73 Å². The van der Waals surface area contributed by atoms with Crippen molar-refractivity contribution in [3.8, 4) is 0 Å². The summed E-state index contributed by atoms with van der Waals surface area (Å²) in [5.41, 5.74) is 6.82. The van der Waals surface area contributed by atoms with Gasteiger partial charge in [0.05, 0.1) is 0 Å². The van der Waals surface area contributed by atoms with E-state index in [1.807, 2.05) is 24.3 Å². The molecule has 0 aliphatic rings. The van der Waals surface area contributed by atoms with Crippen molar-refractivity contribution in [1.82, 2.24) is 5.32 Å². The Kier molecular flexibility index (Phi) is 10.0. The van der Waals surface area contributed by atoms with E-state index in [0.29, 0.717) is 13.2 Å². The predicted octanol–water partition coefficient (Wildman–Crippen LogP) is 2.32. The molecule has 1 rings (SSSR count). The van der Waals surface area contributed by atoms with Crippen LogP contribution in [0.15, 0.2) is 43.0 Å². The van der Waals surface area contributed by atoms with Gasteiger partial charge in [0.15, 0.2) is 0 Å². The Labute approximate surface area is 141 Å². The standard InChI is InChI=1S/C17H30N2O3Si/c1-4-17(19-15-16-9-6-5-7-10-16)11-13-22-23(20-2,21-3)14-8-12-18/h4-7,9-10,17,19H,1,8,11-15,18H2,2-3H3. The predicted molar refractivity (Wildman–Crippen MR) is 96.1 cm³/mol. The molecule has 0 fully saturated rings. The molecule has 0 saturated carbocycles. The Morgan fingerprint density at radius 2 is 1.96 bits per heavy atom. The molecule has 1 aromatic rings. The average molecular weight is 339 g/mol. The van der Waals surface area contributed by atoms with Crippen LogP contribution in [0.4, 0.5) is 0 Å². The summed E-state index contributed by atoms with van der Waals surface area (Å²) >= 11 is 0. The van der Waals surface area contributed by atoms with Gasteiger partial charge in [0.25, 0.3) is 0 Å². The fourth-order valence-corrected chi connectivity index (χ4v) is 4.31.